The van der Waals surface area contributed by atoms with E-state index in [1.807, 2.05) is 57.2 Å². The standard InChI is InChI=1S/C29H44O5Si/c1-21(2)17-19-32-27(30)26(28(31)33-20-18-22(3)4)23(5)11-12-24-13-15-25(16-14-24)34-35(9,10)29(6,7)8/h11-16,23,26H,1,3,17-20H2,2,4-10H3/b12-11+/t23-/m1/s1. The SMILES string of the molecule is C=C(C)CCOC(=O)C(C(=O)OCCC(=C)C)[C@H](C)/C=C/c1ccc(O[Si](C)(C)C(C)(C)C)cc1. The Hall–Kier alpha value is -2.60. The number of hydrogen-bond acceptors (Lipinski definition) is 5. The van der Waals surface area contributed by atoms with Crippen molar-refractivity contribution in [3.05, 3.63) is 60.2 Å². The van der Waals surface area contributed by atoms with Gasteiger partial charge in [-0.1, -0.05) is 63.1 Å². The average Bonchev–Trinajstić information content (AvgIpc) is 2.71. The summed E-state index contributed by atoms with van der Waals surface area (Å²) in [5, 5.41) is 0.119. The lowest BCUT2D eigenvalue weighted by Gasteiger charge is -2.36. The molecule has 0 saturated carbocycles. The molecule has 194 valence electrons. The number of carbonyl (C=O) groups excluding carboxylic acids is 2. The number of hydrogen-bond donors (Lipinski definition) is 0. The van der Waals surface area contributed by atoms with Gasteiger partial charge in [0.15, 0.2) is 5.92 Å². The molecule has 0 saturated heterocycles. The summed E-state index contributed by atoms with van der Waals surface area (Å²) in [6.45, 7) is 24.6. The van der Waals surface area contributed by atoms with Gasteiger partial charge >= 0.3 is 11.9 Å². The van der Waals surface area contributed by atoms with Crippen molar-refractivity contribution < 1.29 is 23.5 Å². The van der Waals surface area contributed by atoms with Crippen LogP contribution in [-0.2, 0) is 19.1 Å². The van der Waals surface area contributed by atoms with Crippen molar-refractivity contribution in [3.8, 4) is 5.75 Å². The van der Waals surface area contributed by atoms with Gasteiger partial charge in [0.2, 0.25) is 8.32 Å². The molecular weight excluding hydrogens is 456 g/mol. The molecule has 0 unspecified atom stereocenters. The van der Waals surface area contributed by atoms with Crippen LogP contribution >= 0.6 is 0 Å². The van der Waals surface area contributed by atoms with Crippen LogP contribution in [0.1, 0.15) is 59.9 Å². The van der Waals surface area contributed by atoms with Crippen molar-refractivity contribution in [2.24, 2.45) is 11.8 Å². The Morgan fingerprint density at radius 1 is 0.943 bits per heavy atom. The number of carbonyl (C=O) groups is 2. The summed E-state index contributed by atoms with van der Waals surface area (Å²) >= 11 is 0. The number of allylic oxidation sites excluding steroid dienone is 1. The van der Waals surface area contributed by atoms with Gasteiger partial charge in [0.1, 0.15) is 5.75 Å². The molecule has 1 aromatic carbocycles. The van der Waals surface area contributed by atoms with Gasteiger partial charge in [0.25, 0.3) is 0 Å². The summed E-state index contributed by atoms with van der Waals surface area (Å²) in [6, 6.07) is 7.86. The van der Waals surface area contributed by atoms with Gasteiger partial charge in [-0.15, -0.1) is 13.2 Å². The second-order valence-corrected chi connectivity index (χ2v) is 15.6. The van der Waals surface area contributed by atoms with E-state index in [1.165, 1.54) is 0 Å². The van der Waals surface area contributed by atoms with Crippen LogP contribution in [0.15, 0.2) is 54.6 Å². The monoisotopic (exact) mass is 500 g/mol. The van der Waals surface area contributed by atoms with Gasteiger partial charge in [0, 0.05) is 12.8 Å². The number of esters is 2. The van der Waals surface area contributed by atoms with Crippen molar-refractivity contribution in [2.45, 2.75) is 72.5 Å². The maximum Gasteiger partial charge on any atom is 0.320 e. The Bertz CT molecular complexity index is 874. The summed E-state index contributed by atoms with van der Waals surface area (Å²) < 4.78 is 17.1. The fraction of sp³-hybridized carbons (Fsp3) is 0.517. The summed E-state index contributed by atoms with van der Waals surface area (Å²) in [5.41, 5.74) is 2.77. The lowest BCUT2D eigenvalue weighted by molar-refractivity contribution is -0.163. The van der Waals surface area contributed by atoms with E-state index in [0.717, 1.165) is 22.5 Å². The fourth-order valence-electron chi connectivity index (χ4n) is 2.83. The molecule has 0 N–H and O–H groups in total. The maximum atomic E-state index is 12.8. The minimum Gasteiger partial charge on any atom is -0.544 e. The number of rotatable bonds is 13. The van der Waals surface area contributed by atoms with Gasteiger partial charge < -0.3 is 13.9 Å². The molecular formula is C29H44O5Si. The Kier molecular flexibility index (Phi) is 11.7. The van der Waals surface area contributed by atoms with Crippen molar-refractivity contribution in [2.75, 3.05) is 13.2 Å². The zero-order valence-corrected chi connectivity index (χ0v) is 23.9. The smallest absolute Gasteiger partial charge is 0.320 e. The van der Waals surface area contributed by atoms with Crippen LogP contribution in [0.4, 0.5) is 0 Å². The van der Waals surface area contributed by atoms with Gasteiger partial charge in [0.05, 0.1) is 13.2 Å². The van der Waals surface area contributed by atoms with Crippen LogP contribution < -0.4 is 4.43 Å². The highest BCUT2D eigenvalue weighted by Gasteiger charge is 2.39. The summed E-state index contributed by atoms with van der Waals surface area (Å²) in [4.78, 5) is 25.5. The largest absolute Gasteiger partial charge is 0.544 e. The molecule has 5 nitrogen and oxygen atoms in total. The Morgan fingerprint density at radius 3 is 1.80 bits per heavy atom. The van der Waals surface area contributed by atoms with E-state index in [9.17, 15) is 9.59 Å². The van der Waals surface area contributed by atoms with Gasteiger partial charge in [-0.05, 0) is 55.6 Å². The molecule has 0 heterocycles. The second-order valence-electron chi connectivity index (χ2n) is 10.9. The van der Waals surface area contributed by atoms with Crippen LogP contribution in [0.5, 0.6) is 5.75 Å². The van der Waals surface area contributed by atoms with Gasteiger partial charge in [-0.25, -0.2) is 0 Å². The summed E-state index contributed by atoms with van der Waals surface area (Å²) in [7, 11) is -1.91. The zero-order valence-electron chi connectivity index (χ0n) is 22.9. The highest BCUT2D eigenvalue weighted by molar-refractivity contribution is 6.74. The van der Waals surface area contributed by atoms with Gasteiger partial charge in [-0.3, -0.25) is 9.59 Å². The predicted octanol–water partition coefficient (Wildman–Crippen LogP) is 7.35. The lowest BCUT2D eigenvalue weighted by Crippen LogP contribution is -2.43. The quantitative estimate of drug-likeness (QED) is 0.123. The molecule has 0 radical (unpaired) electrons. The van der Waals surface area contributed by atoms with Crippen LogP contribution in [0.3, 0.4) is 0 Å². The van der Waals surface area contributed by atoms with E-state index in [0.29, 0.717) is 12.8 Å². The molecule has 0 spiro atoms. The predicted molar refractivity (Wildman–Crippen MR) is 147 cm³/mol. The fourth-order valence-corrected chi connectivity index (χ4v) is 3.86. The van der Waals surface area contributed by atoms with Crippen molar-refractivity contribution in [3.63, 3.8) is 0 Å². The van der Waals surface area contributed by atoms with E-state index in [-0.39, 0.29) is 18.3 Å². The lowest BCUT2D eigenvalue weighted by atomic mass is 9.93. The molecule has 6 heteroatoms. The van der Waals surface area contributed by atoms with E-state index in [1.54, 1.807) is 0 Å². The van der Waals surface area contributed by atoms with Crippen LogP contribution in [0.25, 0.3) is 6.08 Å². The number of ether oxygens (including phenoxy) is 2. The Morgan fingerprint density at radius 2 is 1.40 bits per heavy atom. The Labute approximate surface area is 213 Å². The van der Waals surface area contributed by atoms with E-state index in [4.69, 9.17) is 13.9 Å². The highest BCUT2D eigenvalue weighted by Crippen LogP contribution is 2.37. The molecule has 0 amide bonds. The van der Waals surface area contributed by atoms with Crippen molar-refractivity contribution >= 4 is 26.3 Å². The molecule has 1 aromatic rings. The topological polar surface area (TPSA) is 61.8 Å². The van der Waals surface area contributed by atoms with E-state index in [2.05, 4.69) is 47.0 Å². The molecule has 0 aromatic heterocycles. The first kappa shape index (κ1) is 30.4. The molecule has 0 aliphatic carbocycles. The highest BCUT2D eigenvalue weighted by atomic mass is 28.4. The van der Waals surface area contributed by atoms with E-state index >= 15 is 0 Å². The molecule has 0 fully saturated rings. The molecule has 0 aliphatic heterocycles. The summed E-state index contributed by atoms with van der Waals surface area (Å²) in [5.74, 6) is -1.76. The molecule has 0 aliphatic rings. The number of benzene rings is 1. The molecule has 35 heavy (non-hydrogen) atoms. The Balaban J connectivity index is 2.93. The minimum absolute atomic E-state index is 0.119. The maximum absolute atomic E-state index is 12.8. The first-order valence-electron chi connectivity index (χ1n) is 12.2. The van der Waals surface area contributed by atoms with Crippen LogP contribution in [-0.4, -0.2) is 33.5 Å². The third-order valence-electron chi connectivity index (χ3n) is 6.23. The second kappa shape index (κ2) is 13.5. The summed E-state index contributed by atoms with van der Waals surface area (Å²) in [6.07, 6.45) is 4.85. The zero-order chi connectivity index (χ0) is 26.8. The van der Waals surface area contributed by atoms with Crippen LogP contribution in [0.2, 0.25) is 18.1 Å². The minimum atomic E-state index is -1.91. The van der Waals surface area contributed by atoms with Crippen molar-refractivity contribution in [1.82, 2.24) is 0 Å². The molecule has 0 bridgehead atoms. The first-order chi connectivity index (χ1) is 16.1. The van der Waals surface area contributed by atoms with Crippen molar-refractivity contribution in [1.29, 1.82) is 0 Å². The average molecular weight is 501 g/mol. The molecule has 1 atom stereocenters. The third kappa shape index (κ3) is 10.7. The first-order valence-corrected chi connectivity index (χ1v) is 15.1. The van der Waals surface area contributed by atoms with Gasteiger partial charge in [-0.2, -0.15) is 0 Å². The third-order valence-corrected chi connectivity index (χ3v) is 10.6. The van der Waals surface area contributed by atoms with Crippen LogP contribution in [0, 0.1) is 11.8 Å². The van der Waals surface area contributed by atoms with E-state index < -0.39 is 32.1 Å². The molecule has 1 rings (SSSR count). The normalized spacial score (nSPS) is 12.9.